The molecule has 0 aromatic rings. The Morgan fingerprint density at radius 3 is 1.13 bits per heavy atom. The van der Waals surface area contributed by atoms with E-state index in [1.165, 1.54) is 89.9 Å². The minimum Gasteiger partial charge on any atom is -0.465 e. The first-order valence-corrected chi connectivity index (χ1v) is 16.4. The number of carbonyl (C=O) groups excluding carboxylic acids is 2. The fraction of sp³-hybridized carbons (Fsp3) is 0.882. The summed E-state index contributed by atoms with van der Waals surface area (Å²) in [4.78, 5) is 25.4. The van der Waals surface area contributed by atoms with Gasteiger partial charge >= 0.3 is 11.9 Å². The van der Waals surface area contributed by atoms with Crippen molar-refractivity contribution in [3.63, 3.8) is 0 Å². The third-order valence-electron chi connectivity index (χ3n) is 7.88. The zero-order chi connectivity index (χ0) is 27.8. The van der Waals surface area contributed by atoms with Crippen molar-refractivity contribution in [1.29, 1.82) is 0 Å². The molecular weight excluding hydrogens is 472 g/mol. The second-order valence-corrected chi connectivity index (χ2v) is 12.5. The van der Waals surface area contributed by atoms with E-state index in [1.807, 2.05) is 12.2 Å². The Kier molecular flexibility index (Phi) is 21.5. The standard InChI is InChI=1S/C34H62O4/c1-29(2)23-17-13-9-5-7-11-15-21-27-37-33(35)31-25-19-20-26-32(31)34(36)38-28-22-16-12-8-6-10-14-18-24-30(3)4/h19-20,29-32H,5-18,21-28H2,1-4H3. The summed E-state index contributed by atoms with van der Waals surface area (Å²) in [5.74, 6) is 0.400. The fourth-order valence-electron chi connectivity index (χ4n) is 5.33. The molecule has 222 valence electrons. The Hall–Kier alpha value is -1.32. The number of ether oxygens (including phenoxy) is 2. The van der Waals surface area contributed by atoms with Gasteiger partial charge in [0.2, 0.25) is 0 Å². The Bertz CT molecular complexity index is 558. The molecule has 1 rings (SSSR count). The average molecular weight is 535 g/mol. The molecule has 0 radical (unpaired) electrons. The monoisotopic (exact) mass is 534 g/mol. The minimum absolute atomic E-state index is 0.227. The van der Waals surface area contributed by atoms with E-state index in [2.05, 4.69) is 27.7 Å². The van der Waals surface area contributed by atoms with E-state index >= 15 is 0 Å². The summed E-state index contributed by atoms with van der Waals surface area (Å²) in [6, 6.07) is 0. The van der Waals surface area contributed by atoms with Crippen LogP contribution in [0.3, 0.4) is 0 Å². The normalized spacial score (nSPS) is 17.3. The molecule has 38 heavy (non-hydrogen) atoms. The number of hydrogen-bond acceptors (Lipinski definition) is 4. The highest BCUT2D eigenvalue weighted by molar-refractivity contribution is 5.82. The van der Waals surface area contributed by atoms with Gasteiger partial charge in [-0.05, 0) is 37.5 Å². The van der Waals surface area contributed by atoms with Crippen molar-refractivity contribution in [3.8, 4) is 0 Å². The van der Waals surface area contributed by atoms with Crippen LogP contribution in [0.2, 0.25) is 0 Å². The van der Waals surface area contributed by atoms with Crippen molar-refractivity contribution in [2.24, 2.45) is 23.7 Å². The Labute approximate surface area is 236 Å². The van der Waals surface area contributed by atoms with Gasteiger partial charge in [0.05, 0.1) is 25.0 Å². The van der Waals surface area contributed by atoms with E-state index in [9.17, 15) is 9.59 Å². The lowest BCUT2D eigenvalue weighted by Gasteiger charge is -2.25. The van der Waals surface area contributed by atoms with E-state index in [-0.39, 0.29) is 11.9 Å². The molecule has 0 heterocycles. The first-order chi connectivity index (χ1) is 18.4. The molecule has 0 amide bonds. The van der Waals surface area contributed by atoms with Gasteiger partial charge in [0.25, 0.3) is 0 Å². The molecule has 0 saturated heterocycles. The van der Waals surface area contributed by atoms with Crippen LogP contribution in [0.5, 0.6) is 0 Å². The summed E-state index contributed by atoms with van der Waals surface area (Å²) in [5, 5.41) is 0. The molecule has 0 saturated carbocycles. The van der Waals surface area contributed by atoms with Crippen molar-refractivity contribution >= 4 is 11.9 Å². The summed E-state index contributed by atoms with van der Waals surface area (Å²) in [7, 11) is 0. The van der Waals surface area contributed by atoms with Crippen LogP contribution in [0.1, 0.15) is 156 Å². The largest absolute Gasteiger partial charge is 0.465 e. The highest BCUT2D eigenvalue weighted by atomic mass is 16.5. The van der Waals surface area contributed by atoms with Crippen LogP contribution in [0.15, 0.2) is 12.2 Å². The van der Waals surface area contributed by atoms with Gasteiger partial charge in [0.15, 0.2) is 0 Å². The first-order valence-electron chi connectivity index (χ1n) is 16.4. The third kappa shape index (κ3) is 18.9. The van der Waals surface area contributed by atoms with Crippen LogP contribution in [-0.2, 0) is 19.1 Å². The Morgan fingerprint density at radius 1 is 0.526 bits per heavy atom. The zero-order valence-corrected chi connectivity index (χ0v) is 25.7. The number of rotatable bonds is 24. The second kappa shape index (κ2) is 23.6. The number of carbonyl (C=O) groups is 2. The third-order valence-corrected chi connectivity index (χ3v) is 7.88. The summed E-state index contributed by atoms with van der Waals surface area (Å²) in [5.41, 5.74) is 0. The van der Waals surface area contributed by atoms with Crippen molar-refractivity contribution in [2.75, 3.05) is 13.2 Å². The highest BCUT2D eigenvalue weighted by Gasteiger charge is 2.36. The zero-order valence-electron chi connectivity index (χ0n) is 25.7. The minimum atomic E-state index is -0.394. The van der Waals surface area contributed by atoms with Crippen LogP contribution >= 0.6 is 0 Å². The molecule has 0 fully saturated rings. The molecule has 0 aliphatic heterocycles. The molecule has 0 aromatic heterocycles. The van der Waals surface area contributed by atoms with Gasteiger partial charge in [-0.2, -0.15) is 0 Å². The predicted octanol–water partition coefficient (Wildman–Crippen LogP) is 9.99. The van der Waals surface area contributed by atoms with Crippen LogP contribution in [0, 0.1) is 23.7 Å². The van der Waals surface area contributed by atoms with Gasteiger partial charge in [-0.3, -0.25) is 9.59 Å². The van der Waals surface area contributed by atoms with E-state index < -0.39 is 11.8 Å². The molecule has 1 aliphatic rings. The van der Waals surface area contributed by atoms with Crippen molar-refractivity contribution < 1.29 is 19.1 Å². The van der Waals surface area contributed by atoms with Gasteiger partial charge in [0.1, 0.15) is 0 Å². The molecule has 0 aromatic carbocycles. The van der Waals surface area contributed by atoms with Gasteiger partial charge < -0.3 is 9.47 Å². The molecule has 2 unspecified atom stereocenters. The molecule has 4 heteroatoms. The van der Waals surface area contributed by atoms with Gasteiger partial charge in [-0.15, -0.1) is 0 Å². The van der Waals surface area contributed by atoms with Crippen molar-refractivity contribution in [3.05, 3.63) is 12.2 Å². The smallest absolute Gasteiger partial charge is 0.310 e. The quantitative estimate of drug-likeness (QED) is 0.0702. The lowest BCUT2D eigenvalue weighted by atomic mass is 9.83. The molecule has 0 N–H and O–H groups in total. The molecule has 1 aliphatic carbocycles. The number of allylic oxidation sites excluding steroid dienone is 2. The number of unbranched alkanes of at least 4 members (excludes halogenated alkanes) is 14. The maximum atomic E-state index is 12.7. The SMILES string of the molecule is CC(C)CCCCCCCCCCOC(=O)C1CC=CCC1C(=O)OCCCCCCCCCCC(C)C. The Morgan fingerprint density at radius 2 is 0.816 bits per heavy atom. The second-order valence-electron chi connectivity index (χ2n) is 12.5. The van der Waals surface area contributed by atoms with Crippen molar-refractivity contribution in [2.45, 2.75) is 156 Å². The van der Waals surface area contributed by atoms with Gasteiger partial charge in [-0.1, -0.05) is 143 Å². The topological polar surface area (TPSA) is 52.6 Å². The van der Waals surface area contributed by atoms with E-state index in [0.29, 0.717) is 26.1 Å². The van der Waals surface area contributed by atoms with E-state index in [1.54, 1.807) is 0 Å². The van der Waals surface area contributed by atoms with Gasteiger partial charge in [0, 0.05) is 0 Å². The van der Waals surface area contributed by atoms with Crippen molar-refractivity contribution in [1.82, 2.24) is 0 Å². The number of hydrogen-bond donors (Lipinski definition) is 0. The fourth-order valence-corrected chi connectivity index (χ4v) is 5.33. The maximum absolute atomic E-state index is 12.7. The Balaban J connectivity index is 2.07. The van der Waals surface area contributed by atoms with Crippen LogP contribution in [-0.4, -0.2) is 25.2 Å². The molecule has 2 atom stereocenters. The average Bonchev–Trinajstić information content (AvgIpc) is 2.89. The molecule has 0 spiro atoms. The van der Waals surface area contributed by atoms with Crippen LogP contribution in [0.25, 0.3) is 0 Å². The van der Waals surface area contributed by atoms with Crippen LogP contribution in [0.4, 0.5) is 0 Å². The number of esters is 2. The lowest BCUT2D eigenvalue weighted by molar-refractivity contribution is -0.161. The van der Waals surface area contributed by atoms with Crippen LogP contribution < -0.4 is 0 Å². The molecule has 0 bridgehead atoms. The summed E-state index contributed by atoms with van der Waals surface area (Å²) in [6.07, 6.45) is 27.6. The summed E-state index contributed by atoms with van der Waals surface area (Å²) < 4.78 is 11.2. The summed E-state index contributed by atoms with van der Waals surface area (Å²) in [6.45, 7) is 10.1. The summed E-state index contributed by atoms with van der Waals surface area (Å²) >= 11 is 0. The molecule has 4 nitrogen and oxygen atoms in total. The first kappa shape index (κ1) is 34.7. The van der Waals surface area contributed by atoms with E-state index in [0.717, 1.165) is 37.5 Å². The van der Waals surface area contributed by atoms with E-state index in [4.69, 9.17) is 9.47 Å². The highest BCUT2D eigenvalue weighted by Crippen LogP contribution is 2.28. The maximum Gasteiger partial charge on any atom is 0.310 e. The lowest BCUT2D eigenvalue weighted by Crippen LogP contribution is -2.34. The van der Waals surface area contributed by atoms with Gasteiger partial charge in [-0.25, -0.2) is 0 Å². The molecular formula is C34H62O4. The predicted molar refractivity (Wildman–Crippen MR) is 160 cm³/mol.